The largest absolute Gasteiger partial charge is 0.478 e. The van der Waals surface area contributed by atoms with Gasteiger partial charge in [0.2, 0.25) is 0 Å². The Labute approximate surface area is 123 Å². The number of carbonyl (C=O) groups is 2. The fourth-order valence-electron chi connectivity index (χ4n) is 2.25. The summed E-state index contributed by atoms with van der Waals surface area (Å²) in [6, 6.07) is 6.80. The number of benzene rings is 1. The van der Waals surface area contributed by atoms with E-state index < -0.39 is 5.97 Å². The number of nitrogens with one attached hydrogen (secondary N) is 1. The smallest absolute Gasteiger partial charge is 0.338 e. The maximum atomic E-state index is 12.3. The van der Waals surface area contributed by atoms with Gasteiger partial charge in [-0.2, -0.15) is 5.26 Å². The molecule has 0 aliphatic heterocycles. The predicted molar refractivity (Wildman–Crippen MR) is 77.1 cm³/mol. The molecule has 1 aliphatic rings. The standard InChI is InChI=1S/C15H17N3O3/c1-10-4-2-5-12(13(10)14(19)20)17-15(21)18(9-3-8-16)11-6-7-11/h2,4-5,11H,3,6-7,9H2,1H3,(H,17,21)(H,19,20). The van der Waals surface area contributed by atoms with Gasteiger partial charge in [0, 0.05) is 12.6 Å². The second-order valence-electron chi connectivity index (χ2n) is 5.07. The molecule has 0 bridgehead atoms. The van der Waals surface area contributed by atoms with Crippen molar-refractivity contribution in [1.29, 1.82) is 5.26 Å². The molecule has 2 N–H and O–H groups in total. The van der Waals surface area contributed by atoms with E-state index in [2.05, 4.69) is 5.32 Å². The van der Waals surface area contributed by atoms with Gasteiger partial charge in [0.1, 0.15) is 0 Å². The van der Waals surface area contributed by atoms with Crippen molar-refractivity contribution in [2.45, 2.75) is 32.2 Å². The number of aromatic carboxylic acids is 1. The van der Waals surface area contributed by atoms with E-state index >= 15 is 0 Å². The number of rotatable bonds is 5. The van der Waals surface area contributed by atoms with E-state index in [1.165, 1.54) is 0 Å². The highest BCUT2D eigenvalue weighted by molar-refractivity contribution is 6.01. The Morgan fingerprint density at radius 1 is 1.48 bits per heavy atom. The van der Waals surface area contributed by atoms with Crippen molar-refractivity contribution < 1.29 is 14.7 Å². The van der Waals surface area contributed by atoms with Gasteiger partial charge >= 0.3 is 12.0 Å². The van der Waals surface area contributed by atoms with Crippen LogP contribution in [0.25, 0.3) is 0 Å². The second-order valence-corrected chi connectivity index (χ2v) is 5.07. The number of hydrogen-bond donors (Lipinski definition) is 2. The Hall–Kier alpha value is -2.55. The molecule has 1 aromatic rings. The average molecular weight is 287 g/mol. The Kier molecular flexibility index (Phi) is 4.43. The Morgan fingerprint density at radius 2 is 2.19 bits per heavy atom. The van der Waals surface area contributed by atoms with Gasteiger partial charge in [0.05, 0.1) is 23.7 Å². The molecule has 0 spiro atoms. The van der Waals surface area contributed by atoms with Crippen LogP contribution in [0.15, 0.2) is 18.2 Å². The lowest BCUT2D eigenvalue weighted by Crippen LogP contribution is -2.37. The zero-order chi connectivity index (χ0) is 15.4. The van der Waals surface area contributed by atoms with E-state index in [4.69, 9.17) is 5.26 Å². The van der Waals surface area contributed by atoms with Gasteiger partial charge in [0.15, 0.2) is 0 Å². The molecule has 0 aromatic heterocycles. The van der Waals surface area contributed by atoms with Gasteiger partial charge in [-0.15, -0.1) is 0 Å². The number of carboxylic acid groups (broad SMARTS) is 1. The summed E-state index contributed by atoms with van der Waals surface area (Å²) in [6.45, 7) is 2.05. The monoisotopic (exact) mass is 287 g/mol. The summed E-state index contributed by atoms with van der Waals surface area (Å²) < 4.78 is 0. The third kappa shape index (κ3) is 3.51. The minimum absolute atomic E-state index is 0.0990. The van der Waals surface area contributed by atoms with Gasteiger partial charge in [-0.1, -0.05) is 12.1 Å². The van der Waals surface area contributed by atoms with E-state index in [1.54, 1.807) is 30.0 Å². The normalized spacial score (nSPS) is 13.3. The molecule has 1 saturated carbocycles. The molecular formula is C15H17N3O3. The molecule has 2 rings (SSSR count). The van der Waals surface area contributed by atoms with Crippen LogP contribution in [0.5, 0.6) is 0 Å². The molecule has 6 nitrogen and oxygen atoms in total. The molecule has 6 heteroatoms. The van der Waals surface area contributed by atoms with Gasteiger partial charge in [0.25, 0.3) is 0 Å². The molecule has 0 unspecified atom stereocenters. The summed E-state index contributed by atoms with van der Waals surface area (Å²) in [7, 11) is 0. The van der Waals surface area contributed by atoms with Gasteiger partial charge < -0.3 is 15.3 Å². The fraction of sp³-hybridized carbons (Fsp3) is 0.400. The highest BCUT2D eigenvalue weighted by atomic mass is 16.4. The van der Waals surface area contributed by atoms with Gasteiger partial charge in [-0.05, 0) is 31.4 Å². The number of aryl methyl sites for hydroxylation is 1. The third-order valence-electron chi connectivity index (χ3n) is 3.44. The number of carbonyl (C=O) groups excluding carboxylic acids is 1. The zero-order valence-corrected chi connectivity index (χ0v) is 11.8. The van der Waals surface area contributed by atoms with Crippen LogP contribution >= 0.6 is 0 Å². The highest BCUT2D eigenvalue weighted by Crippen LogP contribution is 2.28. The van der Waals surface area contributed by atoms with Crippen molar-refractivity contribution in [2.75, 3.05) is 11.9 Å². The first-order valence-electron chi connectivity index (χ1n) is 6.82. The Balaban J connectivity index is 2.17. The highest BCUT2D eigenvalue weighted by Gasteiger charge is 2.32. The predicted octanol–water partition coefficient (Wildman–Crippen LogP) is 2.60. The maximum Gasteiger partial charge on any atom is 0.338 e. The van der Waals surface area contributed by atoms with E-state index in [9.17, 15) is 14.7 Å². The Morgan fingerprint density at radius 3 is 2.76 bits per heavy atom. The molecule has 0 saturated heterocycles. The first-order chi connectivity index (χ1) is 10.0. The lowest BCUT2D eigenvalue weighted by atomic mass is 10.1. The van der Waals surface area contributed by atoms with Crippen LogP contribution in [0, 0.1) is 18.3 Å². The van der Waals surface area contributed by atoms with E-state index in [1.807, 2.05) is 6.07 Å². The van der Waals surface area contributed by atoms with Crippen LogP contribution in [-0.4, -0.2) is 34.6 Å². The summed E-state index contributed by atoms with van der Waals surface area (Å²) in [6.07, 6.45) is 2.13. The number of carboxylic acids is 1. The summed E-state index contributed by atoms with van der Waals surface area (Å²) in [5.41, 5.74) is 0.979. The van der Waals surface area contributed by atoms with Crippen molar-refractivity contribution in [3.8, 4) is 6.07 Å². The molecular weight excluding hydrogens is 270 g/mol. The molecule has 1 aliphatic carbocycles. The molecule has 0 radical (unpaired) electrons. The first kappa shape index (κ1) is 14.9. The molecule has 2 amide bonds. The first-order valence-corrected chi connectivity index (χ1v) is 6.82. The lowest BCUT2D eigenvalue weighted by molar-refractivity contribution is 0.0697. The van der Waals surface area contributed by atoms with E-state index in [0.29, 0.717) is 12.1 Å². The van der Waals surface area contributed by atoms with Crippen molar-refractivity contribution in [3.05, 3.63) is 29.3 Å². The van der Waals surface area contributed by atoms with Crippen molar-refractivity contribution in [3.63, 3.8) is 0 Å². The Bertz CT molecular complexity index is 603. The second kappa shape index (κ2) is 6.27. The van der Waals surface area contributed by atoms with E-state index in [-0.39, 0.29) is 29.7 Å². The minimum Gasteiger partial charge on any atom is -0.478 e. The number of nitriles is 1. The topological polar surface area (TPSA) is 93.4 Å². The lowest BCUT2D eigenvalue weighted by Gasteiger charge is -2.22. The molecule has 1 fully saturated rings. The van der Waals surface area contributed by atoms with Crippen molar-refractivity contribution >= 4 is 17.7 Å². The number of amides is 2. The molecule has 0 heterocycles. The van der Waals surface area contributed by atoms with Crippen LogP contribution in [-0.2, 0) is 0 Å². The molecule has 110 valence electrons. The van der Waals surface area contributed by atoms with E-state index in [0.717, 1.165) is 12.8 Å². The SMILES string of the molecule is Cc1cccc(NC(=O)N(CCC#N)C2CC2)c1C(=O)O. The third-order valence-corrected chi connectivity index (χ3v) is 3.44. The van der Waals surface area contributed by atoms with Crippen LogP contribution < -0.4 is 5.32 Å². The van der Waals surface area contributed by atoms with Crippen molar-refractivity contribution in [1.82, 2.24) is 4.90 Å². The summed E-state index contributed by atoms with van der Waals surface area (Å²) >= 11 is 0. The quantitative estimate of drug-likeness (QED) is 0.870. The van der Waals surface area contributed by atoms with Gasteiger partial charge in [-0.3, -0.25) is 0 Å². The molecule has 0 atom stereocenters. The van der Waals surface area contributed by atoms with Crippen molar-refractivity contribution in [2.24, 2.45) is 0 Å². The van der Waals surface area contributed by atoms with Crippen LogP contribution in [0.3, 0.4) is 0 Å². The van der Waals surface area contributed by atoms with Crippen LogP contribution in [0.1, 0.15) is 35.2 Å². The van der Waals surface area contributed by atoms with Crippen LogP contribution in [0.2, 0.25) is 0 Å². The summed E-state index contributed by atoms with van der Waals surface area (Å²) in [5.74, 6) is -1.07. The summed E-state index contributed by atoms with van der Waals surface area (Å²) in [4.78, 5) is 25.2. The number of urea groups is 1. The maximum absolute atomic E-state index is 12.3. The van der Waals surface area contributed by atoms with Crippen LogP contribution in [0.4, 0.5) is 10.5 Å². The number of anilines is 1. The van der Waals surface area contributed by atoms with Gasteiger partial charge in [-0.25, -0.2) is 9.59 Å². The fourth-order valence-corrected chi connectivity index (χ4v) is 2.25. The zero-order valence-electron chi connectivity index (χ0n) is 11.8. The minimum atomic E-state index is -1.07. The molecule has 1 aromatic carbocycles. The number of hydrogen-bond acceptors (Lipinski definition) is 3. The molecule has 21 heavy (non-hydrogen) atoms. The summed E-state index contributed by atoms with van der Waals surface area (Å²) in [5, 5.41) is 20.6. The average Bonchev–Trinajstić information content (AvgIpc) is 3.23. The number of nitrogens with zero attached hydrogens (tertiary/aromatic N) is 2.